The highest BCUT2D eigenvalue weighted by molar-refractivity contribution is 5.31. The van der Waals surface area contributed by atoms with Gasteiger partial charge in [0, 0.05) is 13.6 Å². The largest absolute Gasteiger partial charge is 0.497 e. The summed E-state index contributed by atoms with van der Waals surface area (Å²) in [6.07, 6.45) is 1.69. The number of hydrogen-bond donors (Lipinski definition) is 1. The minimum Gasteiger partial charge on any atom is -0.497 e. The lowest BCUT2D eigenvalue weighted by molar-refractivity contribution is 0.312. The second-order valence-corrected chi connectivity index (χ2v) is 4.04. The van der Waals surface area contributed by atoms with Crippen LogP contribution in [0.1, 0.15) is 5.82 Å². The van der Waals surface area contributed by atoms with Crippen molar-refractivity contribution < 1.29 is 9.47 Å². The van der Waals surface area contributed by atoms with Gasteiger partial charge in [-0.05, 0) is 24.3 Å². The Morgan fingerprint density at radius 2 is 1.95 bits per heavy atom. The van der Waals surface area contributed by atoms with Crippen molar-refractivity contribution in [1.29, 1.82) is 0 Å². The number of rotatable bonds is 7. The summed E-state index contributed by atoms with van der Waals surface area (Å²) in [5.41, 5.74) is 0. The molecule has 0 unspecified atom stereocenters. The van der Waals surface area contributed by atoms with E-state index in [1.165, 1.54) is 0 Å². The Bertz CT molecular complexity index is 496. The van der Waals surface area contributed by atoms with Crippen molar-refractivity contribution in [3.63, 3.8) is 0 Å². The second-order valence-electron chi connectivity index (χ2n) is 4.04. The SMILES string of the molecule is COc1ccc(OCCNCc2ncn(C)n2)cc1. The van der Waals surface area contributed by atoms with Crippen LogP contribution in [-0.4, -0.2) is 35.0 Å². The molecule has 0 radical (unpaired) electrons. The Balaban J connectivity index is 1.63. The van der Waals surface area contributed by atoms with Crippen molar-refractivity contribution in [3.8, 4) is 11.5 Å². The molecule has 1 aromatic heterocycles. The van der Waals surface area contributed by atoms with Crippen LogP contribution in [0.4, 0.5) is 0 Å². The van der Waals surface area contributed by atoms with E-state index in [4.69, 9.17) is 9.47 Å². The quantitative estimate of drug-likeness (QED) is 0.754. The van der Waals surface area contributed by atoms with E-state index in [0.29, 0.717) is 13.2 Å². The monoisotopic (exact) mass is 262 g/mol. The number of hydrogen-bond acceptors (Lipinski definition) is 5. The molecule has 102 valence electrons. The highest BCUT2D eigenvalue weighted by Crippen LogP contribution is 2.16. The van der Waals surface area contributed by atoms with Crippen LogP contribution in [0.3, 0.4) is 0 Å². The predicted molar refractivity (Wildman–Crippen MR) is 71.2 cm³/mol. The molecule has 6 heteroatoms. The van der Waals surface area contributed by atoms with Gasteiger partial charge in [-0.3, -0.25) is 4.68 Å². The van der Waals surface area contributed by atoms with Crippen LogP contribution in [0.5, 0.6) is 11.5 Å². The summed E-state index contributed by atoms with van der Waals surface area (Å²) in [4.78, 5) is 4.13. The number of ether oxygens (including phenoxy) is 2. The zero-order chi connectivity index (χ0) is 13.5. The molecule has 0 atom stereocenters. The van der Waals surface area contributed by atoms with Crippen LogP contribution in [0, 0.1) is 0 Å². The fourth-order valence-corrected chi connectivity index (χ4v) is 1.58. The standard InChI is InChI=1S/C13H18N4O2/c1-17-10-15-13(16-17)9-14-7-8-19-12-5-3-11(18-2)4-6-12/h3-6,10,14H,7-9H2,1-2H3. The maximum absolute atomic E-state index is 5.58. The molecular weight excluding hydrogens is 244 g/mol. The van der Waals surface area contributed by atoms with Crippen molar-refractivity contribution in [3.05, 3.63) is 36.4 Å². The van der Waals surface area contributed by atoms with E-state index in [1.54, 1.807) is 18.1 Å². The molecule has 6 nitrogen and oxygen atoms in total. The lowest BCUT2D eigenvalue weighted by atomic mass is 10.3. The topological polar surface area (TPSA) is 61.2 Å². The Kier molecular flexibility index (Phi) is 4.74. The normalized spacial score (nSPS) is 10.4. The van der Waals surface area contributed by atoms with E-state index in [9.17, 15) is 0 Å². The molecule has 0 aliphatic heterocycles. The van der Waals surface area contributed by atoms with Gasteiger partial charge in [0.05, 0.1) is 13.7 Å². The summed E-state index contributed by atoms with van der Waals surface area (Å²) in [5.74, 6) is 2.44. The molecule has 0 fully saturated rings. The molecule has 0 amide bonds. The van der Waals surface area contributed by atoms with Gasteiger partial charge in [0.2, 0.25) is 0 Å². The summed E-state index contributed by atoms with van der Waals surface area (Å²) in [7, 11) is 3.49. The van der Waals surface area contributed by atoms with Gasteiger partial charge >= 0.3 is 0 Å². The Labute approximate surface area is 112 Å². The van der Waals surface area contributed by atoms with Crippen LogP contribution >= 0.6 is 0 Å². The van der Waals surface area contributed by atoms with Gasteiger partial charge in [0.25, 0.3) is 0 Å². The van der Waals surface area contributed by atoms with Gasteiger partial charge in [0.15, 0.2) is 5.82 Å². The number of nitrogens with zero attached hydrogens (tertiary/aromatic N) is 3. The average molecular weight is 262 g/mol. The van der Waals surface area contributed by atoms with E-state index in [0.717, 1.165) is 23.9 Å². The Hall–Kier alpha value is -2.08. The summed E-state index contributed by atoms with van der Waals surface area (Å²) in [6.45, 7) is 1.98. The molecule has 0 saturated heterocycles. The molecule has 0 spiro atoms. The van der Waals surface area contributed by atoms with Crippen LogP contribution in [0.15, 0.2) is 30.6 Å². The third kappa shape index (κ3) is 4.26. The molecular formula is C13H18N4O2. The minimum atomic E-state index is 0.596. The van der Waals surface area contributed by atoms with Crippen molar-refractivity contribution in [2.75, 3.05) is 20.3 Å². The highest BCUT2D eigenvalue weighted by Gasteiger charge is 1.98. The Morgan fingerprint density at radius 1 is 1.21 bits per heavy atom. The summed E-state index contributed by atoms with van der Waals surface area (Å²) < 4.78 is 12.3. The highest BCUT2D eigenvalue weighted by atomic mass is 16.5. The molecule has 0 saturated carbocycles. The summed E-state index contributed by atoms with van der Waals surface area (Å²) in [6, 6.07) is 7.53. The van der Waals surface area contributed by atoms with Gasteiger partial charge in [-0.2, -0.15) is 5.10 Å². The summed E-state index contributed by atoms with van der Waals surface area (Å²) in [5, 5.41) is 7.39. The lowest BCUT2D eigenvalue weighted by Crippen LogP contribution is -2.21. The van der Waals surface area contributed by atoms with E-state index in [1.807, 2.05) is 31.3 Å². The van der Waals surface area contributed by atoms with Crippen molar-refractivity contribution in [2.45, 2.75) is 6.54 Å². The first-order chi connectivity index (χ1) is 9.28. The third-order valence-corrected chi connectivity index (χ3v) is 2.54. The lowest BCUT2D eigenvalue weighted by Gasteiger charge is -2.07. The molecule has 1 N–H and O–H groups in total. The molecule has 0 aliphatic carbocycles. The third-order valence-electron chi connectivity index (χ3n) is 2.54. The summed E-state index contributed by atoms with van der Waals surface area (Å²) >= 11 is 0. The average Bonchev–Trinajstić information content (AvgIpc) is 2.85. The fourth-order valence-electron chi connectivity index (χ4n) is 1.58. The van der Waals surface area contributed by atoms with E-state index in [-0.39, 0.29) is 0 Å². The first-order valence-corrected chi connectivity index (χ1v) is 6.10. The van der Waals surface area contributed by atoms with Gasteiger partial charge in [-0.25, -0.2) is 4.98 Å². The number of aryl methyl sites for hydroxylation is 1. The van der Waals surface area contributed by atoms with Crippen LogP contribution < -0.4 is 14.8 Å². The maximum atomic E-state index is 5.58. The van der Waals surface area contributed by atoms with Crippen molar-refractivity contribution in [2.24, 2.45) is 7.05 Å². The van der Waals surface area contributed by atoms with Gasteiger partial charge in [-0.1, -0.05) is 0 Å². The van der Waals surface area contributed by atoms with E-state index < -0.39 is 0 Å². The van der Waals surface area contributed by atoms with E-state index in [2.05, 4.69) is 15.4 Å². The molecule has 0 aliphatic rings. The van der Waals surface area contributed by atoms with Crippen molar-refractivity contribution in [1.82, 2.24) is 20.1 Å². The smallest absolute Gasteiger partial charge is 0.164 e. The minimum absolute atomic E-state index is 0.596. The number of aromatic nitrogens is 3. The van der Waals surface area contributed by atoms with Crippen molar-refractivity contribution >= 4 is 0 Å². The Morgan fingerprint density at radius 3 is 2.58 bits per heavy atom. The van der Waals surface area contributed by atoms with Crippen LogP contribution in [0.2, 0.25) is 0 Å². The number of benzene rings is 1. The van der Waals surface area contributed by atoms with Crippen LogP contribution in [-0.2, 0) is 13.6 Å². The van der Waals surface area contributed by atoms with Gasteiger partial charge in [-0.15, -0.1) is 0 Å². The first kappa shape index (κ1) is 13.4. The zero-order valence-corrected chi connectivity index (χ0v) is 11.2. The fraction of sp³-hybridized carbons (Fsp3) is 0.385. The number of nitrogens with one attached hydrogen (secondary N) is 1. The molecule has 1 aromatic carbocycles. The van der Waals surface area contributed by atoms with E-state index >= 15 is 0 Å². The number of methoxy groups -OCH3 is 1. The van der Waals surface area contributed by atoms with Gasteiger partial charge < -0.3 is 14.8 Å². The van der Waals surface area contributed by atoms with Gasteiger partial charge in [0.1, 0.15) is 24.4 Å². The molecule has 1 heterocycles. The molecule has 2 rings (SSSR count). The molecule has 0 bridgehead atoms. The first-order valence-electron chi connectivity index (χ1n) is 6.10. The molecule has 2 aromatic rings. The molecule has 19 heavy (non-hydrogen) atoms. The predicted octanol–water partition coefficient (Wildman–Crippen LogP) is 0.992. The van der Waals surface area contributed by atoms with Crippen LogP contribution in [0.25, 0.3) is 0 Å². The second kappa shape index (κ2) is 6.75. The maximum Gasteiger partial charge on any atom is 0.164 e. The zero-order valence-electron chi connectivity index (χ0n) is 11.2.